The van der Waals surface area contributed by atoms with E-state index in [-0.39, 0.29) is 10.8 Å². The first-order valence-electron chi connectivity index (χ1n) is 21.1. The second kappa shape index (κ2) is 12.6. The van der Waals surface area contributed by atoms with Crippen LogP contribution in [0.4, 0.5) is 17.1 Å². The minimum Gasteiger partial charge on any atom is -0.310 e. The number of anilines is 3. The van der Waals surface area contributed by atoms with Gasteiger partial charge in [0.05, 0.1) is 0 Å². The number of benzene rings is 6. The van der Waals surface area contributed by atoms with Gasteiger partial charge in [-0.2, -0.15) is 0 Å². The van der Waals surface area contributed by atoms with Gasteiger partial charge in [-0.25, -0.2) is 0 Å². The fourth-order valence-corrected chi connectivity index (χ4v) is 12.8. The number of rotatable bonds is 5. The van der Waals surface area contributed by atoms with Crippen LogP contribution < -0.4 is 4.90 Å². The van der Waals surface area contributed by atoms with Gasteiger partial charge in [-0.1, -0.05) is 142 Å². The molecule has 5 aliphatic rings. The molecule has 6 aromatic carbocycles. The Hall–Kier alpha value is -4.88. The third kappa shape index (κ3) is 4.63. The zero-order valence-electron chi connectivity index (χ0n) is 31.7. The van der Waals surface area contributed by atoms with Crippen LogP contribution in [-0.2, 0) is 10.8 Å². The minimum absolute atomic E-state index is 0.106. The van der Waals surface area contributed by atoms with Crippen LogP contribution >= 0.6 is 0 Å². The van der Waals surface area contributed by atoms with Crippen LogP contribution in [0.5, 0.6) is 0 Å². The highest BCUT2D eigenvalue weighted by Gasteiger charge is 2.57. The average Bonchev–Trinajstić information content (AvgIpc) is 3.65. The molecule has 0 N–H and O–H groups in total. The average molecular weight is 702 g/mol. The topological polar surface area (TPSA) is 3.24 Å². The number of hydrogen-bond donors (Lipinski definition) is 0. The van der Waals surface area contributed by atoms with Crippen molar-refractivity contribution in [2.24, 2.45) is 17.8 Å². The Morgan fingerprint density at radius 1 is 0.481 bits per heavy atom. The van der Waals surface area contributed by atoms with E-state index >= 15 is 0 Å². The van der Waals surface area contributed by atoms with Gasteiger partial charge in [-0.3, -0.25) is 0 Å². The predicted octanol–water partition coefficient (Wildman–Crippen LogP) is 14.6. The molecule has 11 rings (SSSR count). The van der Waals surface area contributed by atoms with Gasteiger partial charge in [-0.05, 0) is 148 Å². The molecule has 0 aliphatic heterocycles. The molecule has 6 aromatic rings. The van der Waals surface area contributed by atoms with Gasteiger partial charge in [0.25, 0.3) is 0 Å². The Labute approximate surface area is 322 Å². The van der Waals surface area contributed by atoms with Crippen LogP contribution in [0.1, 0.15) is 99.8 Å². The van der Waals surface area contributed by atoms with Gasteiger partial charge in [0, 0.05) is 27.9 Å². The van der Waals surface area contributed by atoms with Crippen LogP contribution in [0, 0.1) is 17.8 Å². The third-order valence-corrected chi connectivity index (χ3v) is 15.0. The summed E-state index contributed by atoms with van der Waals surface area (Å²) >= 11 is 0. The monoisotopic (exact) mass is 701 g/mol. The highest BCUT2D eigenvalue weighted by Crippen LogP contribution is 2.66. The van der Waals surface area contributed by atoms with Gasteiger partial charge in [0.1, 0.15) is 0 Å². The van der Waals surface area contributed by atoms with Crippen molar-refractivity contribution in [3.05, 3.63) is 162 Å². The molecule has 2 spiro atoms. The Balaban J connectivity index is 1.13. The molecule has 0 radical (unpaired) electrons. The lowest BCUT2D eigenvalue weighted by Gasteiger charge is -2.55. The SMILES string of the molecule is CCC1CC2CCCC(C1)C21c2ccccc2-c2ccc(N(c3cccc(-c4ccccc4)c3)c3ccc4c(c3)C3(CCCCC3)c3ccccc3-4)cc21. The number of nitrogens with zero attached hydrogens (tertiary/aromatic N) is 1. The van der Waals surface area contributed by atoms with E-state index < -0.39 is 0 Å². The van der Waals surface area contributed by atoms with Crippen molar-refractivity contribution < 1.29 is 0 Å². The Morgan fingerprint density at radius 3 is 1.78 bits per heavy atom. The van der Waals surface area contributed by atoms with Gasteiger partial charge < -0.3 is 4.90 Å². The Morgan fingerprint density at radius 2 is 1.06 bits per heavy atom. The quantitative estimate of drug-likeness (QED) is 0.173. The molecule has 1 heteroatoms. The summed E-state index contributed by atoms with van der Waals surface area (Å²) in [6.07, 6.45) is 14.5. The van der Waals surface area contributed by atoms with E-state index in [4.69, 9.17) is 0 Å². The van der Waals surface area contributed by atoms with Gasteiger partial charge in [0.2, 0.25) is 0 Å². The minimum atomic E-state index is 0.106. The maximum Gasteiger partial charge on any atom is 0.0467 e. The zero-order chi connectivity index (χ0) is 35.9. The standard InChI is InChI=1S/C53H51N/c1-2-36-31-39-18-14-19-40(32-36)53(39)49-24-10-8-22-45(49)47-28-26-43(35-51(47)53)54(41-20-13-17-38(33-41)37-15-5-3-6-16-37)42-25-27-46-44-21-7-9-23-48(44)52(50(46)34-42)29-11-4-12-30-52/h3,5-10,13,15-17,20-28,33-36,39-40H,2,4,11-12,14,18-19,29-32H2,1H3. The van der Waals surface area contributed by atoms with Crippen molar-refractivity contribution in [2.45, 2.75) is 88.4 Å². The Kier molecular flexibility index (Phi) is 7.59. The summed E-state index contributed by atoms with van der Waals surface area (Å²) in [4.78, 5) is 2.61. The lowest BCUT2D eigenvalue weighted by molar-refractivity contribution is 0.0492. The molecule has 0 heterocycles. The van der Waals surface area contributed by atoms with Crippen molar-refractivity contribution in [3.63, 3.8) is 0 Å². The fourth-order valence-electron chi connectivity index (χ4n) is 12.8. The molecular formula is C53H51N. The van der Waals surface area contributed by atoms with E-state index in [0.717, 1.165) is 5.92 Å². The molecule has 54 heavy (non-hydrogen) atoms. The van der Waals surface area contributed by atoms with Crippen molar-refractivity contribution in [1.82, 2.24) is 0 Å². The largest absolute Gasteiger partial charge is 0.310 e. The first-order valence-corrected chi connectivity index (χ1v) is 21.1. The molecule has 0 amide bonds. The van der Waals surface area contributed by atoms with E-state index in [1.54, 1.807) is 22.3 Å². The maximum atomic E-state index is 2.67. The predicted molar refractivity (Wildman–Crippen MR) is 226 cm³/mol. The number of hydrogen-bond acceptors (Lipinski definition) is 1. The highest BCUT2D eigenvalue weighted by atomic mass is 15.1. The summed E-state index contributed by atoms with van der Waals surface area (Å²) < 4.78 is 0. The van der Waals surface area contributed by atoms with E-state index in [9.17, 15) is 0 Å². The van der Waals surface area contributed by atoms with Gasteiger partial charge >= 0.3 is 0 Å². The first-order chi connectivity index (χ1) is 26.7. The molecule has 3 fully saturated rings. The molecular weight excluding hydrogens is 651 g/mol. The fraction of sp³-hybridized carbons (Fsp3) is 0.321. The second-order valence-corrected chi connectivity index (χ2v) is 17.4. The second-order valence-electron chi connectivity index (χ2n) is 17.4. The summed E-state index contributed by atoms with van der Waals surface area (Å²) in [7, 11) is 0. The maximum absolute atomic E-state index is 2.67. The van der Waals surface area contributed by atoms with Crippen LogP contribution in [0.25, 0.3) is 33.4 Å². The van der Waals surface area contributed by atoms with Crippen LogP contribution in [-0.4, -0.2) is 0 Å². The smallest absolute Gasteiger partial charge is 0.0467 e. The van der Waals surface area contributed by atoms with E-state index in [1.165, 1.54) is 121 Å². The van der Waals surface area contributed by atoms with Crippen LogP contribution in [0.3, 0.4) is 0 Å². The van der Waals surface area contributed by atoms with Crippen molar-refractivity contribution in [1.29, 1.82) is 0 Å². The third-order valence-electron chi connectivity index (χ3n) is 15.0. The van der Waals surface area contributed by atoms with Crippen molar-refractivity contribution >= 4 is 17.1 Å². The van der Waals surface area contributed by atoms with E-state index in [2.05, 4.69) is 151 Å². The zero-order valence-corrected chi connectivity index (χ0v) is 31.7. The molecule has 5 aliphatic carbocycles. The summed E-state index contributed by atoms with van der Waals surface area (Å²) in [5.41, 5.74) is 18.7. The van der Waals surface area contributed by atoms with Crippen molar-refractivity contribution in [2.75, 3.05) is 4.90 Å². The Bertz CT molecular complexity index is 2360. The molecule has 0 saturated heterocycles. The van der Waals surface area contributed by atoms with Crippen LogP contribution in [0.15, 0.2) is 140 Å². The molecule has 268 valence electrons. The molecule has 2 atom stereocenters. The molecule has 0 aromatic heterocycles. The van der Waals surface area contributed by atoms with Gasteiger partial charge in [0.15, 0.2) is 0 Å². The summed E-state index contributed by atoms with van der Waals surface area (Å²) in [6, 6.07) is 54.1. The van der Waals surface area contributed by atoms with E-state index in [0.29, 0.717) is 11.8 Å². The molecule has 2 bridgehead atoms. The number of fused-ring (bicyclic) bond motifs is 8. The summed E-state index contributed by atoms with van der Waals surface area (Å²) in [6.45, 7) is 2.43. The lowest BCUT2D eigenvalue weighted by atomic mass is 9.49. The molecule has 1 nitrogen and oxygen atoms in total. The van der Waals surface area contributed by atoms with Gasteiger partial charge in [-0.15, -0.1) is 0 Å². The van der Waals surface area contributed by atoms with Crippen molar-refractivity contribution in [3.8, 4) is 33.4 Å². The lowest BCUT2D eigenvalue weighted by Crippen LogP contribution is -2.49. The summed E-state index contributed by atoms with van der Waals surface area (Å²) in [5, 5.41) is 0. The van der Waals surface area contributed by atoms with E-state index in [1.807, 2.05) is 0 Å². The highest BCUT2D eigenvalue weighted by molar-refractivity contribution is 5.89. The molecule has 2 unspecified atom stereocenters. The first kappa shape index (κ1) is 32.5. The molecule has 3 saturated carbocycles. The van der Waals surface area contributed by atoms with Crippen LogP contribution in [0.2, 0.25) is 0 Å². The normalized spacial score (nSPS) is 24.1. The summed E-state index contributed by atoms with van der Waals surface area (Å²) in [5.74, 6) is 2.25.